The van der Waals surface area contributed by atoms with E-state index in [0.717, 1.165) is 0 Å². The molecule has 0 aromatic carbocycles. The Morgan fingerprint density at radius 3 is 1.78 bits per heavy atom. The van der Waals surface area contributed by atoms with Gasteiger partial charge in [-0.25, -0.2) is 0 Å². The summed E-state index contributed by atoms with van der Waals surface area (Å²) in [6, 6.07) is 0. The first-order valence-electron chi connectivity index (χ1n) is 2.27. The van der Waals surface area contributed by atoms with Crippen LogP contribution in [-0.4, -0.2) is 11.8 Å². The van der Waals surface area contributed by atoms with E-state index in [9.17, 15) is 14.7 Å². The Hall–Kier alpha value is 0.776. The van der Waals surface area contributed by atoms with Gasteiger partial charge in [0, 0.05) is 0 Å². The number of carbonyl (C=O) groups excluding carboxylic acids is 2. The van der Waals surface area contributed by atoms with Gasteiger partial charge >= 0.3 is 51.4 Å². The van der Waals surface area contributed by atoms with Crippen LogP contribution < -0.4 is 56.5 Å². The van der Waals surface area contributed by atoms with Gasteiger partial charge in [0.15, 0.2) is 0 Å². The van der Waals surface area contributed by atoms with Gasteiger partial charge in [-0.2, -0.15) is 0 Å². The average Bonchev–Trinajstić information content (AvgIpc) is 1.64. The van der Waals surface area contributed by atoms with Gasteiger partial charge in [0.1, 0.15) is 5.78 Å². The second-order valence-electron chi connectivity index (χ2n) is 1.65. The zero-order chi connectivity index (χ0) is 6.73. The van der Waals surface area contributed by atoms with E-state index in [4.69, 9.17) is 0 Å². The molecule has 1 atom stereocenters. The first-order chi connectivity index (χ1) is 3.55. The molecule has 9 heavy (non-hydrogen) atoms. The monoisotopic (exact) mass is 154 g/mol. The molecule has 0 fully saturated rings. The molecule has 0 saturated heterocycles. The summed E-state index contributed by atoms with van der Waals surface area (Å²) >= 11 is 0. The largest absolute Gasteiger partial charge is 1.00 e. The molecular weight excluding hydrogens is 147 g/mol. The molecule has 0 radical (unpaired) electrons. The van der Waals surface area contributed by atoms with E-state index < -0.39 is 11.9 Å². The quantitative estimate of drug-likeness (QED) is 0.300. The smallest absolute Gasteiger partial charge is 0.549 e. The Bertz CT molecular complexity index is 107. The second kappa shape index (κ2) is 5.55. The number of carboxylic acid groups (broad SMARTS) is 1. The number of rotatable bonds is 2. The number of aliphatic carboxylic acids is 1. The van der Waals surface area contributed by atoms with Crippen molar-refractivity contribution in [1.82, 2.24) is 0 Å². The van der Waals surface area contributed by atoms with Crippen molar-refractivity contribution in [1.29, 1.82) is 0 Å². The predicted molar refractivity (Wildman–Crippen MR) is 24.9 cm³/mol. The zero-order valence-electron chi connectivity index (χ0n) is 5.80. The standard InChI is InChI=1S/C5H8O3.K/c1-3(4(2)6)5(7)8;/h3H,1-2H3,(H,7,8);/q;+1/p-1. The molecule has 0 N–H and O–H groups in total. The third-order valence-corrected chi connectivity index (χ3v) is 0.963. The van der Waals surface area contributed by atoms with Gasteiger partial charge in [-0.3, -0.25) is 4.79 Å². The molecule has 3 nitrogen and oxygen atoms in total. The fraction of sp³-hybridized carbons (Fsp3) is 0.600. The molecule has 0 aliphatic heterocycles. The topological polar surface area (TPSA) is 57.2 Å². The maximum Gasteiger partial charge on any atom is 1.00 e. The van der Waals surface area contributed by atoms with E-state index in [1.807, 2.05) is 0 Å². The molecule has 0 saturated carbocycles. The summed E-state index contributed by atoms with van der Waals surface area (Å²) in [5.41, 5.74) is 0. The number of carboxylic acids is 1. The van der Waals surface area contributed by atoms with Crippen molar-refractivity contribution >= 4 is 11.8 Å². The molecule has 46 valence electrons. The summed E-state index contributed by atoms with van der Waals surface area (Å²) < 4.78 is 0. The van der Waals surface area contributed by atoms with E-state index in [2.05, 4.69) is 0 Å². The molecule has 0 amide bonds. The summed E-state index contributed by atoms with van der Waals surface area (Å²) in [4.78, 5) is 20.0. The van der Waals surface area contributed by atoms with Crippen LogP contribution in [0.3, 0.4) is 0 Å². The van der Waals surface area contributed by atoms with Crippen LogP contribution in [-0.2, 0) is 9.59 Å². The van der Waals surface area contributed by atoms with Gasteiger partial charge in [0.05, 0.1) is 11.9 Å². The Kier molecular flexibility index (Phi) is 7.68. The summed E-state index contributed by atoms with van der Waals surface area (Å²) in [7, 11) is 0. The summed E-state index contributed by atoms with van der Waals surface area (Å²) in [5.74, 6) is -2.64. The Morgan fingerprint density at radius 2 is 1.78 bits per heavy atom. The van der Waals surface area contributed by atoms with Gasteiger partial charge in [-0.15, -0.1) is 0 Å². The fourth-order valence-electron chi connectivity index (χ4n) is 0.166. The minimum absolute atomic E-state index is 0. The van der Waals surface area contributed by atoms with Crippen LogP contribution in [0.2, 0.25) is 0 Å². The van der Waals surface area contributed by atoms with Crippen molar-refractivity contribution in [3.8, 4) is 0 Å². The Morgan fingerprint density at radius 1 is 1.44 bits per heavy atom. The van der Waals surface area contributed by atoms with E-state index in [-0.39, 0.29) is 57.2 Å². The van der Waals surface area contributed by atoms with E-state index in [1.54, 1.807) is 0 Å². The van der Waals surface area contributed by atoms with Crippen molar-refractivity contribution in [2.24, 2.45) is 5.92 Å². The van der Waals surface area contributed by atoms with Gasteiger partial charge in [-0.05, 0) is 6.92 Å². The van der Waals surface area contributed by atoms with Crippen molar-refractivity contribution in [3.05, 3.63) is 0 Å². The van der Waals surface area contributed by atoms with Gasteiger partial charge in [0.25, 0.3) is 0 Å². The van der Waals surface area contributed by atoms with Crippen LogP contribution >= 0.6 is 0 Å². The van der Waals surface area contributed by atoms with Crippen molar-refractivity contribution < 1.29 is 66.1 Å². The minimum Gasteiger partial charge on any atom is -0.549 e. The molecule has 0 aliphatic carbocycles. The van der Waals surface area contributed by atoms with Crippen LogP contribution in [0.15, 0.2) is 0 Å². The van der Waals surface area contributed by atoms with Gasteiger partial charge in [-0.1, -0.05) is 6.92 Å². The summed E-state index contributed by atoms with van der Waals surface area (Å²) in [6.07, 6.45) is 0. The van der Waals surface area contributed by atoms with Crippen molar-refractivity contribution in [2.45, 2.75) is 13.8 Å². The molecule has 0 aromatic heterocycles. The second-order valence-corrected chi connectivity index (χ2v) is 1.65. The SMILES string of the molecule is CC(=O)C(C)C(=O)[O-].[K+]. The molecule has 0 aliphatic rings. The summed E-state index contributed by atoms with van der Waals surface area (Å²) in [6.45, 7) is 2.53. The fourth-order valence-corrected chi connectivity index (χ4v) is 0.166. The van der Waals surface area contributed by atoms with E-state index >= 15 is 0 Å². The third kappa shape index (κ3) is 5.23. The number of hydrogen-bond donors (Lipinski definition) is 0. The number of Topliss-reactive ketones (excluding diaryl/α,β-unsaturated/α-hetero) is 1. The third-order valence-electron chi connectivity index (χ3n) is 0.963. The average molecular weight is 154 g/mol. The Labute approximate surface area is 96.2 Å². The number of carbonyl (C=O) groups is 2. The molecule has 4 heteroatoms. The Balaban J connectivity index is 0. The molecule has 0 bridgehead atoms. The minimum atomic E-state index is -1.31. The number of ketones is 1. The van der Waals surface area contributed by atoms with Crippen LogP contribution in [0.1, 0.15) is 13.8 Å². The predicted octanol–water partition coefficient (Wildman–Crippen LogP) is -4.03. The van der Waals surface area contributed by atoms with Crippen molar-refractivity contribution in [2.75, 3.05) is 0 Å². The number of hydrogen-bond acceptors (Lipinski definition) is 3. The summed E-state index contributed by atoms with van der Waals surface area (Å²) in [5, 5.41) is 9.81. The van der Waals surface area contributed by atoms with E-state index in [1.165, 1.54) is 13.8 Å². The van der Waals surface area contributed by atoms with Crippen LogP contribution in [0.5, 0.6) is 0 Å². The van der Waals surface area contributed by atoms with Crippen molar-refractivity contribution in [3.63, 3.8) is 0 Å². The molecule has 0 aromatic rings. The van der Waals surface area contributed by atoms with Crippen LogP contribution in [0, 0.1) is 5.92 Å². The molecular formula is C5H7KO3. The van der Waals surface area contributed by atoms with Gasteiger partial charge in [0.2, 0.25) is 0 Å². The van der Waals surface area contributed by atoms with Crippen LogP contribution in [0.4, 0.5) is 0 Å². The van der Waals surface area contributed by atoms with Gasteiger partial charge < -0.3 is 9.90 Å². The van der Waals surface area contributed by atoms with Crippen LogP contribution in [0.25, 0.3) is 0 Å². The zero-order valence-corrected chi connectivity index (χ0v) is 8.93. The maximum absolute atomic E-state index is 10.2. The van der Waals surface area contributed by atoms with E-state index in [0.29, 0.717) is 0 Å². The maximum atomic E-state index is 10.2. The molecule has 1 unspecified atom stereocenters. The molecule has 0 heterocycles. The first kappa shape index (κ1) is 12.5. The molecule has 0 spiro atoms. The first-order valence-corrected chi connectivity index (χ1v) is 2.27. The molecule has 0 rings (SSSR count). The normalized spacial score (nSPS) is 11.3.